The number of aliphatic hydroxyl groups excluding tert-OH is 2. The molecule has 0 amide bonds. The van der Waals surface area contributed by atoms with Crippen LogP contribution < -0.4 is 0 Å². The average Bonchev–Trinajstić information content (AvgIpc) is 3.23. The number of imidazole rings is 1. The summed E-state index contributed by atoms with van der Waals surface area (Å²) in [5, 5.41) is 22.7. The van der Waals surface area contributed by atoms with Crippen molar-refractivity contribution in [3.05, 3.63) is 71.1 Å². The largest absolute Gasteiger partial charge is 0.392 e. The molecule has 0 bridgehead atoms. The fraction of sp³-hybridized carbons (Fsp3) is 0.222. The Morgan fingerprint density at radius 3 is 2.75 bits per heavy atom. The third-order valence-electron chi connectivity index (χ3n) is 3.48. The van der Waals surface area contributed by atoms with E-state index in [0.717, 1.165) is 11.1 Å². The molecule has 2 heterocycles. The molecule has 0 fully saturated rings. The molecule has 0 radical (unpaired) electrons. The van der Waals surface area contributed by atoms with Gasteiger partial charge in [-0.15, -0.1) is 0 Å². The molecule has 2 aromatic heterocycles. The van der Waals surface area contributed by atoms with Crippen molar-refractivity contribution in [3.63, 3.8) is 0 Å². The van der Waals surface area contributed by atoms with Gasteiger partial charge in [-0.3, -0.25) is 0 Å². The molecule has 0 saturated heterocycles. The highest BCUT2D eigenvalue weighted by Gasteiger charge is 2.10. The van der Waals surface area contributed by atoms with Crippen LogP contribution >= 0.6 is 0 Å². The topological polar surface area (TPSA) is 84.3 Å². The number of aliphatic hydroxyl groups is 2. The summed E-state index contributed by atoms with van der Waals surface area (Å²) in [5.41, 5.74) is 2.38. The van der Waals surface area contributed by atoms with Crippen LogP contribution in [0.2, 0.25) is 0 Å². The van der Waals surface area contributed by atoms with Gasteiger partial charge in [-0.25, -0.2) is 4.98 Å². The molecular weight excluding hydrogens is 306 g/mol. The fourth-order valence-corrected chi connectivity index (χ4v) is 2.27. The number of hydrogen-bond donors (Lipinski definition) is 2. The van der Waals surface area contributed by atoms with Crippen molar-refractivity contribution in [1.29, 1.82) is 0 Å². The lowest BCUT2D eigenvalue weighted by molar-refractivity contribution is 0.184. The van der Waals surface area contributed by atoms with Crippen LogP contribution in [0.3, 0.4) is 0 Å². The maximum atomic E-state index is 9.66. The molecule has 122 valence electrons. The Morgan fingerprint density at radius 1 is 1.25 bits per heavy atom. The molecule has 0 saturated carbocycles. The molecule has 6 heteroatoms. The Kier molecular flexibility index (Phi) is 4.75. The van der Waals surface area contributed by atoms with Gasteiger partial charge in [-0.05, 0) is 30.5 Å². The van der Waals surface area contributed by atoms with Crippen molar-refractivity contribution in [2.75, 3.05) is 0 Å². The summed E-state index contributed by atoms with van der Waals surface area (Å²) < 4.78 is 7.03. The highest BCUT2D eigenvalue weighted by Crippen LogP contribution is 2.12. The molecule has 1 atom stereocenters. The van der Waals surface area contributed by atoms with Crippen LogP contribution in [-0.4, -0.2) is 24.9 Å². The first-order valence-electron chi connectivity index (χ1n) is 7.52. The van der Waals surface area contributed by atoms with Gasteiger partial charge in [0.1, 0.15) is 17.6 Å². The molecule has 2 N–H and O–H groups in total. The first-order valence-corrected chi connectivity index (χ1v) is 7.52. The summed E-state index contributed by atoms with van der Waals surface area (Å²) in [6, 6.07) is 9.10. The second-order valence-corrected chi connectivity index (χ2v) is 5.38. The molecule has 0 unspecified atom stereocenters. The van der Waals surface area contributed by atoms with Crippen molar-refractivity contribution in [1.82, 2.24) is 14.7 Å². The SMILES string of the molecule is C[C@H](O)c1nccn1Cc1cc(C#Cc2ccc(CO)cc2)on1. The summed E-state index contributed by atoms with van der Waals surface area (Å²) in [6.45, 7) is 2.14. The zero-order valence-electron chi connectivity index (χ0n) is 13.2. The minimum absolute atomic E-state index is 0.0157. The predicted molar refractivity (Wildman–Crippen MR) is 86.8 cm³/mol. The predicted octanol–water partition coefficient (Wildman–Crippen LogP) is 1.86. The molecule has 0 aliphatic heterocycles. The van der Waals surface area contributed by atoms with Crippen LogP contribution in [0.5, 0.6) is 0 Å². The van der Waals surface area contributed by atoms with E-state index < -0.39 is 6.10 Å². The molecule has 0 aliphatic carbocycles. The first-order chi connectivity index (χ1) is 11.7. The van der Waals surface area contributed by atoms with Gasteiger partial charge in [0.15, 0.2) is 0 Å². The lowest BCUT2D eigenvalue weighted by Gasteiger charge is -2.07. The first kappa shape index (κ1) is 16.0. The van der Waals surface area contributed by atoms with Gasteiger partial charge in [0.2, 0.25) is 5.76 Å². The van der Waals surface area contributed by atoms with Gasteiger partial charge in [0.25, 0.3) is 0 Å². The zero-order valence-corrected chi connectivity index (χ0v) is 13.2. The molecule has 3 aromatic rings. The normalized spacial score (nSPS) is 11.8. The van der Waals surface area contributed by atoms with Gasteiger partial charge in [0.05, 0.1) is 13.2 Å². The van der Waals surface area contributed by atoms with Crippen LogP contribution in [0.4, 0.5) is 0 Å². The van der Waals surface area contributed by atoms with Gasteiger partial charge < -0.3 is 19.3 Å². The summed E-state index contributed by atoms with van der Waals surface area (Å²) >= 11 is 0. The summed E-state index contributed by atoms with van der Waals surface area (Å²) in [5.74, 6) is 6.96. The third-order valence-corrected chi connectivity index (χ3v) is 3.48. The highest BCUT2D eigenvalue weighted by atomic mass is 16.5. The Bertz CT molecular complexity index is 867. The second kappa shape index (κ2) is 7.13. The van der Waals surface area contributed by atoms with Gasteiger partial charge in [0, 0.05) is 24.0 Å². The van der Waals surface area contributed by atoms with Crippen LogP contribution in [0.25, 0.3) is 0 Å². The minimum Gasteiger partial charge on any atom is -0.392 e. The molecular formula is C18H17N3O3. The molecule has 0 aliphatic rings. The van der Waals surface area contributed by atoms with Gasteiger partial charge in [-0.1, -0.05) is 23.2 Å². The molecule has 0 spiro atoms. The van der Waals surface area contributed by atoms with E-state index in [1.165, 1.54) is 0 Å². The van der Waals surface area contributed by atoms with E-state index in [2.05, 4.69) is 22.0 Å². The van der Waals surface area contributed by atoms with Gasteiger partial charge >= 0.3 is 0 Å². The van der Waals surface area contributed by atoms with Crippen LogP contribution in [0.15, 0.2) is 47.2 Å². The van der Waals surface area contributed by atoms with E-state index in [9.17, 15) is 5.11 Å². The van der Waals surface area contributed by atoms with E-state index in [0.29, 0.717) is 23.8 Å². The van der Waals surface area contributed by atoms with E-state index >= 15 is 0 Å². The number of aromatic nitrogens is 3. The average molecular weight is 323 g/mol. The lowest BCUT2D eigenvalue weighted by atomic mass is 10.1. The summed E-state index contributed by atoms with van der Waals surface area (Å²) in [7, 11) is 0. The summed E-state index contributed by atoms with van der Waals surface area (Å²) in [6.07, 6.45) is 2.78. The highest BCUT2D eigenvalue weighted by molar-refractivity contribution is 5.40. The fourth-order valence-electron chi connectivity index (χ4n) is 2.27. The standard InChI is InChI=1S/C18H17N3O3/c1-13(23)18-19-8-9-21(18)11-16-10-17(24-20-16)7-6-14-2-4-15(12-22)5-3-14/h2-5,8-10,13,22-23H,11-12H2,1H3/t13-/m0/s1. The van der Waals surface area contributed by atoms with E-state index in [1.807, 2.05) is 28.8 Å². The minimum atomic E-state index is -0.645. The Morgan fingerprint density at radius 2 is 2.04 bits per heavy atom. The number of nitrogens with zero attached hydrogens (tertiary/aromatic N) is 3. The Balaban J connectivity index is 1.71. The smallest absolute Gasteiger partial charge is 0.210 e. The van der Waals surface area contributed by atoms with E-state index in [1.54, 1.807) is 25.4 Å². The van der Waals surface area contributed by atoms with Crippen molar-refractivity contribution < 1.29 is 14.7 Å². The Labute approximate surface area is 139 Å². The maximum Gasteiger partial charge on any atom is 0.210 e. The van der Waals surface area contributed by atoms with Crippen molar-refractivity contribution in [2.24, 2.45) is 0 Å². The summed E-state index contributed by atoms with van der Waals surface area (Å²) in [4.78, 5) is 4.12. The number of benzene rings is 1. The monoisotopic (exact) mass is 323 g/mol. The quantitative estimate of drug-likeness (QED) is 0.716. The molecule has 24 heavy (non-hydrogen) atoms. The van der Waals surface area contributed by atoms with Crippen molar-refractivity contribution in [3.8, 4) is 11.8 Å². The van der Waals surface area contributed by atoms with E-state index in [4.69, 9.17) is 9.63 Å². The lowest BCUT2D eigenvalue weighted by Crippen LogP contribution is -2.07. The zero-order chi connectivity index (χ0) is 16.9. The molecule has 3 rings (SSSR count). The van der Waals surface area contributed by atoms with Crippen LogP contribution in [0, 0.1) is 11.8 Å². The van der Waals surface area contributed by atoms with Crippen LogP contribution in [0.1, 0.15) is 41.4 Å². The molecule has 6 nitrogen and oxygen atoms in total. The maximum absolute atomic E-state index is 9.66. The number of hydrogen-bond acceptors (Lipinski definition) is 5. The van der Waals surface area contributed by atoms with E-state index in [-0.39, 0.29) is 6.61 Å². The third kappa shape index (κ3) is 3.71. The van der Waals surface area contributed by atoms with Crippen LogP contribution in [-0.2, 0) is 13.2 Å². The Hall–Kier alpha value is -2.88. The number of rotatable bonds is 4. The van der Waals surface area contributed by atoms with Gasteiger partial charge in [-0.2, -0.15) is 0 Å². The second-order valence-electron chi connectivity index (χ2n) is 5.38. The van der Waals surface area contributed by atoms with Crippen molar-refractivity contribution >= 4 is 0 Å². The molecule has 1 aromatic carbocycles. The van der Waals surface area contributed by atoms with Crippen molar-refractivity contribution in [2.45, 2.75) is 26.2 Å².